The van der Waals surface area contributed by atoms with Crippen molar-refractivity contribution in [2.24, 2.45) is 5.92 Å². The molecule has 0 bridgehead atoms. The highest BCUT2D eigenvalue weighted by Crippen LogP contribution is 2.47. The van der Waals surface area contributed by atoms with Crippen LogP contribution in [0.4, 0.5) is 0 Å². The summed E-state index contributed by atoms with van der Waals surface area (Å²) >= 11 is 0. The summed E-state index contributed by atoms with van der Waals surface area (Å²) in [6.45, 7) is 11.8. The first-order chi connectivity index (χ1) is 15.9. The van der Waals surface area contributed by atoms with E-state index in [1.165, 1.54) is 5.57 Å². The van der Waals surface area contributed by atoms with Crippen molar-refractivity contribution in [2.75, 3.05) is 13.2 Å². The lowest BCUT2D eigenvalue weighted by molar-refractivity contribution is -0.757. The maximum absolute atomic E-state index is 12.8. The van der Waals surface area contributed by atoms with E-state index < -0.39 is 16.5 Å². The van der Waals surface area contributed by atoms with E-state index in [0.29, 0.717) is 24.0 Å². The van der Waals surface area contributed by atoms with Gasteiger partial charge in [0.1, 0.15) is 11.5 Å². The molecule has 1 aromatic rings. The fraction of sp³-hybridized carbons (Fsp3) is 0.577. The molecule has 34 heavy (non-hydrogen) atoms. The Hall–Kier alpha value is -3.03. The zero-order chi connectivity index (χ0) is 25.5. The van der Waals surface area contributed by atoms with Gasteiger partial charge in [0, 0.05) is 11.5 Å². The Kier molecular flexibility index (Phi) is 9.53. The van der Waals surface area contributed by atoms with E-state index in [0.717, 1.165) is 31.3 Å². The third-order valence-corrected chi connectivity index (χ3v) is 6.55. The van der Waals surface area contributed by atoms with Crippen LogP contribution in [-0.4, -0.2) is 34.5 Å². The van der Waals surface area contributed by atoms with Crippen LogP contribution in [0.2, 0.25) is 0 Å². The highest BCUT2D eigenvalue weighted by molar-refractivity contribution is 5.82. The van der Waals surface area contributed by atoms with Gasteiger partial charge in [-0.25, -0.2) is 0 Å². The van der Waals surface area contributed by atoms with Crippen molar-refractivity contribution in [3.05, 3.63) is 57.2 Å². The minimum Gasteiger partial charge on any atom is -0.507 e. The molecule has 1 aliphatic carbocycles. The van der Waals surface area contributed by atoms with Crippen LogP contribution in [0.3, 0.4) is 0 Å². The van der Waals surface area contributed by atoms with Crippen LogP contribution < -0.4 is 0 Å². The average Bonchev–Trinajstić information content (AvgIpc) is 2.74. The molecular weight excluding hydrogens is 438 g/mol. The molecule has 188 valence electrons. The Labute approximate surface area is 201 Å². The van der Waals surface area contributed by atoms with Crippen LogP contribution in [0, 0.1) is 16.0 Å². The fourth-order valence-electron chi connectivity index (χ4n) is 4.39. The average molecular weight is 476 g/mol. The van der Waals surface area contributed by atoms with Gasteiger partial charge >= 0.3 is 5.97 Å². The molecule has 0 aliphatic heterocycles. The summed E-state index contributed by atoms with van der Waals surface area (Å²) < 4.78 is 5.43. The number of carbonyl (C=O) groups is 1. The van der Waals surface area contributed by atoms with Crippen molar-refractivity contribution >= 4 is 5.97 Å². The van der Waals surface area contributed by atoms with Gasteiger partial charge in [-0.05, 0) is 83.4 Å². The Morgan fingerprint density at radius 3 is 2.32 bits per heavy atom. The molecule has 0 fully saturated rings. The standard InChI is InChI=1S/C26H37NO7/c1-17(2)20-11-10-18(3)14-21(20)24-22(28)15-19(16-23(24)29)26(4,5)25(30)33-12-8-6-7-9-13-34-27(31)32/h14-16,20-21,28-29H,1,6-13H2,2-5H3. The van der Waals surface area contributed by atoms with Gasteiger partial charge < -0.3 is 19.8 Å². The maximum atomic E-state index is 12.8. The van der Waals surface area contributed by atoms with E-state index in [2.05, 4.69) is 17.5 Å². The van der Waals surface area contributed by atoms with Crippen LogP contribution >= 0.6 is 0 Å². The number of carbonyl (C=O) groups excluding carboxylic acids is 1. The lowest BCUT2D eigenvalue weighted by atomic mass is 9.73. The predicted octanol–water partition coefficient (Wildman–Crippen LogP) is 5.70. The maximum Gasteiger partial charge on any atom is 0.315 e. The first kappa shape index (κ1) is 27.2. The lowest BCUT2D eigenvalue weighted by Crippen LogP contribution is -2.31. The smallest absolute Gasteiger partial charge is 0.315 e. The second kappa shape index (κ2) is 11.9. The fourth-order valence-corrected chi connectivity index (χ4v) is 4.39. The highest BCUT2D eigenvalue weighted by atomic mass is 16.9. The molecule has 0 saturated carbocycles. The van der Waals surface area contributed by atoms with Gasteiger partial charge in [0.05, 0.1) is 18.6 Å². The van der Waals surface area contributed by atoms with E-state index in [1.807, 2.05) is 13.8 Å². The predicted molar refractivity (Wildman–Crippen MR) is 129 cm³/mol. The van der Waals surface area contributed by atoms with Crippen molar-refractivity contribution in [1.29, 1.82) is 0 Å². The van der Waals surface area contributed by atoms with Crippen molar-refractivity contribution in [1.82, 2.24) is 0 Å². The van der Waals surface area contributed by atoms with Crippen LogP contribution in [0.15, 0.2) is 35.9 Å². The van der Waals surface area contributed by atoms with Crippen LogP contribution in [0.25, 0.3) is 0 Å². The molecule has 0 saturated heterocycles. The van der Waals surface area contributed by atoms with Crippen LogP contribution in [0.1, 0.15) is 83.3 Å². The first-order valence-electron chi connectivity index (χ1n) is 11.8. The molecule has 1 aliphatic rings. The summed E-state index contributed by atoms with van der Waals surface area (Å²) in [5, 5.41) is 31.1. The molecule has 0 aromatic heterocycles. The number of phenols is 2. The molecule has 8 nitrogen and oxygen atoms in total. The SMILES string of the molecule is C=C(C)C1CCC(C)=CC1c1c(O)cc(C(C)(C)C(=O)OCCCCCCO[N+](=O)[O-])cc1O. The Bertz CT molecular complexity index is 912. The van der Waals surface area contributed by atoms with Gasteiger partial charge in [0.15, 0.2) is 0 Å². The molecule has 0 amide bonds. The van der Waals surface area contributed by atoms with E-state index in [-0.39, 0.29) is 36.5 Å². The summed E-state index contributed by atoms with van der Waals surface area (Å²) in [6.07, 6.45) is 6.63. The monoisotopic (exact) mass is 475 g/mol. The van der Waals surface area contributed by atoms with Crippen molar-refractivity contribution < 1.29 is 29.7 Å². The molecule has 1 aromatic carbocycles. The Balaban J connectivity index is 2.04. The molecule has 2 rings (SSSR count). The summed E-state index contributed by atoms with van der Waals surface area (Å²) in [5.41, 5.74) is 2.07. The number of hydrogen-bond donors (Lipinski definition) is 2. The van der Waals surface area contributed by atoms with Crippen LogP contribution in [-0.2, 0) is 19.8 Å². The molecular formula is C26H37NO7. The van der Waals surface area contributed by atoms with E-state index in [9.17, 15) is 25.1 Å². The Morgan fingerprint density at radius 1 is 1.18 bits per heavy atom. The molecule has 0 heterocycles. The number of allylic oxidation sites excluding steroid dienone is 3. The van der Waals surface area contributed by atoms with Crippen molar-refractivity contribution in [3.8, 4) is 11.5 Å². The normalized spacial score (nSPS) is 18.2. The van der Waals surface area contributed by atoms with Crippen molar-refractivity contribution in [3.63, 3.8) is 0 Å². The van der Waals surface area contributed by atoms with Gasteiger partial charge in [-0.3, -0.25) is 4.79 Å². The topological polar surface area (TPSA) is 119 Å². The number of phenolic OH excluding ortho intramolecular Hbond substituents is 2. The number of unbranched alkanes of at least 4 members (excludes halogenated alkanes) is 3. The van der Waals surface area contributed by atoms with E-state index in [4.69, 9.17) is 4.74 Å². The van der Waals surface area contributed by atoms with E-state index in [1.54, 1.807) is 26.0 Å². The molecule has 2 unspecified atom stereocenters. The minimum atomic E-state index is -1.07. The largest absolute Gasteiger partial charge is 0.507 e. The summed E-state index contributed by atoms with van der Waals surface area (Å²) in [6, 6.07) is 3.08. The van der Waals surface area contributed by atoms with Crippen LogP contribution in [0.5, 0.6) is 11.5 Å². The zero-order valence-electron chi connectivity index (χ0n) is 20.6. The molecule has 0 spiro atoms. The number of esters is 1. The summed E-state index contributed by atoms with van der Waals surface area (Å²) in [7, 11) is 0. The van der Waals surface area contributed by atoms with Gasteiger partial charge in [0.25, 0.3) is 5.09 Å². The first-order valence-corrected chi connectivity index (χ1v) is 11.8. The van der Waals surface area contributed by atoms with Gasteiger partial charge in [-0.15, -0.1) is 10.1 Å². The van der Waals surface area contributed by atoms with Crippen molar-refractivity contribution in [2.45, 2.75) is 77.6 Å². The second-order valence-electron chi connectivity index (χ2n) is 9.69. The second-order valence-corrected chi connectivity index (χ2v) is 9.69. The van der Waals surface area contributed by atoms with Gasteiger partial charge in [0.2, 0.25) is 0 Å². The number of benzene rings is 1. The Morgan fingerprint density at radius 2 is 1.76 bits per heavy atom. The number of aromatic hydroxyl groups is 2. The van der Waals surface area contributed by atoms with Gasteiger partial charge in [-0.1, -0.05) is 30.2 Å². The third kappa shape index (κ3) is 6.98. The number of ether oxygens (including phenoxy) is 1. The summed E-state index contributed by atoms with van der Waals surface area (Å²) in [4.78, 5) is 27.1. The number of rotatable bonds is 12. The minimum absolute atomic E-state index is 0.0463. The van der Waals surface area contributed by atoms with Gasteiger partial charge in [-0.2, -0.15) is 0 Å². The number of nitrogens with zero attached hydrogens (tertiary/aromatic N) is 1. The van der Waals surface area contributed by atoms with E-state index >= 15 is 0 Å². The molecule has 8 heteroatoms. The third-order valence-electron chi connectivity index (χ3n) is 6.55. The highest BCUT2D eigenvalue weighted by Gasteiger charge is 2.35. The molecule has 0 radical (unpaired) electrons. The zero-order valence-corrected chi connectivity index (χ0v) is 20.6. The number of hydrogen-bond acceptors (Lipinski definition) is 7. The quantitative estimate of drug-likeness (QED) is 0.131. The molecule has 2 N–H and O–H groups in total. The summed E-state index contributed by atoms with van der Waals surface area (Å²) in [5.74, 6) is -0.601. The molecule has 2 atom stereocenters. The lowest BCUT2D eigenvalue weighted by Gasteiger charge is -2.32.